The van der Waals surface area contributed by atoms with Crippen molar-refractivity contribution in [3.05, 3.63) is 82.8 Å². The van der Waals surface area contributed by atoms with E-state index in [4.69, 9.17) is 0 Å². The lowest BCUT2D eigenvalue weighted by Gasteiger charge is -2.08. The van der Waals surface area contributed by atoms with E-state index in [0.717, 1.165) is 23.0 Å². The SMILES string of the molecule is O=c1cc(-c2nn(-c3ccc(C(F)(F)F)cc3)c3ccccc23)cc[nH]1. The number of H-pyrrole nitrogens is 1. The van der Waals surface area contributed by atoms with Crippen LogP contribution in [0.1, 0.15) is 5.56 Å². The number of halogens is 3. The van der Waals surface area contributed by atoms with Crippen LogP contribution in [0.2, 0.25) is 0 Å². The van der Waals surface area contributed by atoms with Gasteiger partial charge in [-0.3, -0.25) is 4.79 Å². The summed E-state index contributed by atoms with van der Waals surface area (Å²) >= 11 is 0. The molecule has 7 heteroatoms. The molecule has 0 aliphatic heterocycles. The van der Waals surface area contributed by atoms with Gasteiger partial charge in [0.25, 0.3) is 0 Å². The Morgan fingerprint density at radius 2 is 1.69 bits per heavy atom. The minimum absolute atomic E-state index is 0.254. The van der Waals surface area contributed by atoms with E-state index < -0.39 is 11.7 Å². The molecule has 1 N–H and O–H groups in total. The third-order valence-corrected chi connectivity index (χ3v) is 4.08. The van der Waals surface area contributed by atoms with Gasteiger partial charge in [0.1, 0.15) is 5.69 Å². The molecule has 0 saturated heterocycles. The number of alkyl halides is 3. The Balaban J connectivity index is 1.90. The van der Waals surface area contributed by atoms with Gasteiger partial charge in [0.2, 0.25) is 5.56 Å². The van der Waals surface area contributed by atoms with Crippen LogP contribution in [0, 0.1) is 0 Å². The summed E-state index contributed by atoms with van der Waals surface area (Å²) in [6.45, 7) is 0. The van der Waals surface area contributed by atoms with Crippen molar-refractivity contribution in [2.24, 2.45) is 0 Å². The maximum absolute atomic E-state index is 12.8. The van der Waals surface area contributed by atoms with Gasteiger partial charge in [-0.2, -0.15) is 18.3 Å². The van der Waals surface area contributed by atoms with E-state index >= 15 is 0 Å². The van der Waals surface area contributed by atoms with Gasteiger partial charge in [0, 0.05) is 23.2 Å². The summed E-state index contributed by atoms with van der Waals surface area (Å²) < 4.78 is 39.9. The normalized spacial score (nSPS) is 11.8. The molecule has 0 fully saturated rings. The number of benzene rings is 2. The van der Waals surface area contributed by atoms with Gasteiger partial charge < -0.3 is 4.98 Å². The highest BCUT2D eigenvalue weighted by atomic mass is 19.4. The number of hydrogen-bond donors (Lipinski definition) is 1. The molecule has 0 aliphatic rings. The molecule has 0 aliphatic carbocycles. The van der Waals surface area contributed by atoms with Crippen LogP contribution in [0.15, 0.2) is 71.7 Å². The van der Waals surface area contributed by atoms with Crippen molar-refractivity contribution in [2.45, 2.75) is 6.18 Å². The Labute approximate surface area is 145 Å². The summed E-state index contributed by atoms with van der Waals surface area (Å²) in [7, 11) is 0. The third-order valence-electron chi connectivity index (χ3n) is 4.08. The molecule has 0 unspecified atom stereocenters. The fourth-order valence-corrected chi connectivity index (χ4v) is 2.86. The predicted molar refractivity (Wildman–Crippen MR) is 92.1 cm³/mol. The second-order valence-electron chi connectivity index (χ2n) is 5.76. The average Bonchev–Trinajstić information content (AvgIpc) is 3.01. The van der Waals surface area contributed by atoms with Crippen LogP contribution in [0.3, 0.4) is 0 Å². The molecule has 2 heterocycles. The monoisotopic (exact) mass is 355 g/mol. The number of nitrogens with zero attached hydrogens (tertiary/aromatic N) is 2. The molecule has 0 atom stereocenters. The van der Waals surface area contributed by atoms with Gasteiger partial charge in [-0.25, -0.2) is 4.68 Å². The molecule has 0 amide bonds. The maximum atomic E-state index is 12.8. The molecule has 0 spiro atoms. The van der Waals surface area contributed by atoms with Gasteiger partial charge in [-0.05, 0) is 36.4 Å². The highest BCUT2D eigenvalue weighted by molar-refractivity contribution is 5.94. The van der Waals surface area contributed by atoms with E-state index in [1.54, 1.807) is 10.7 Å². The number of hydrogen-bond acceptors (Lipinski definition) is 2. The van der Waals surface area contributed by atoms with E-state index in [-0.39, 0.29) is 5.56 Å². The van der Waals surface area contributed by atoms with Crippen LogP contribution in [0.25, 0.3) is 27.8 Å². The molecule has 0 saturated carbocycles. The highest BCUT2D eigenvalue weighted by Crippen LogP contribution is 2.32. The zero-order chi connectivity index (χ0) is 18.3. The zero-order valence-corrected chi connectivity index (χ0v) is 13.3. The lowest BCUT2D eigenvalue weighted by atomic mass is 10.1. The van der Waals surface area contributed by atoms with Crippen LogP contribution >= 0.6 is 0 Å². The maximum Gasteiger partial charge on any atom is 0.416 e. The van der Waals surface area contributed by atoms with Crippen LogP contribution in [0.5, 0.6) is 0 Å². The van der Waals surface area contributed by atoms with Gasteiger partial charge in [0.15, 0.2) is 0 Å². The summed E-state index contributed by atoms with van der Waals surface area (Å²) in [5.41, 5.74) is 1.50. The van der Waals surface area contributed by atoms with Gasteiger partial charge in [-0.1, -0.05) is 18.2 Å². The molecule has 4 nitrogen and oxygen atoms in total. The quantitative estimate of drug-likeness (QED) is 0.579. The van der Waals surface area contributed by atoms with E-state index in [1.807, 2.05) is 24.3 Å². The van der Waals surface area contributed by atoms with Crippen LogP contribution < -0.4 is 5.56 Å². The standard InChI is InChI=1S/C19H12F3N3O/c20-19(21,22)13-5-7-14(8-6-13)25-16-4-2-1-3-15(16)18(24-25)12-9-10-23-17(26)11-12/h1-11H,(H,23,26). The van der Waals surface area contributed by atoms with Crippen molar-refractivity contribution >= 4 is 10.9 Å². The van der Waals surface area contributed by atoms with Crippen molar-refractivity contribution in [3.8, 4) is 16.9 Å². The molecule has 4 rings (SSSR count). The smallest absolute Gasteiger partial charge is 0.329 e. The Morgan fingerprint density at radius 3 is 2.38 bits per heavy atom. The average molecular weight is 355 g/mol. The lowest BCUT2D eigenvalue weighted by Crippen LogP contribution is -2.05. The van der Waals surface area contributed by atoms with Gasteiger partial charge >= 0.3 is 6.18 Å². The fraction of sp³-hybridized carbons (Fsp3) is 0.0526. The largest absolute Gasteiger partial charge is 0.416 e. The van der Waals surface area contributed by atoms with Crippen LogP contribution in [-0.4, -0.2) is 14.8 Å². The van der Waals surface area contributed by atoms with E-state index in [1.165, 1.54) is 24.4 Å². The highest BCUT2D eigenvalue weighted by Gasteiger charge is 2.30. The first-order chi connectivity index (χ1) is 12.4. The summed E-state index contributed by atoms with van der Waals surface area (Å²) in [5, 5.41) is 5.35. The number of rotatable bonds is 2. The first-order valence-corrected chi connectivity index (χ1v) is 7.78. The molecule has 4 aromatic rings. The summed E-state index contributed by atoms with van der Waals surface area (Å²) in [4.78, 5) is 14.2. The number of aromatic nitrogens is 3. The number of aromatic amines is 1. The molecular formula is C19H12F3N3O. The van der Waals surface area contributed by atoms with Crippen molar-refractivity contribution in [2.75, 3.05) is 0 Å². The molecule has 2 aromatic heterocycles. The minimum Gasteiger partial charge on any atom is -0.329 e. The molecule has 26 heavy (non-hydrogen) atoms. The summed E-state index contributed by atoms with van der Waals surface area (Å²) in [5.74, 6) is 0. The number of nitrogens with one attached hydrogen (secondary N) is 1. The van der Waals surface area contributed by atoms with Gasteiger partial charge in [0.05, 0.1) is 16.8 Å². The van der Waals surface area contributed by atoms with Crippen molar-refractivity contribution in [1.29, 1.82) is 0 Å². The number of para-hydroxylation sites is 1. The fourth-order valence-electron chi connectivity index (χ4n) is 2.86. The first-order valence-electron chi connectivity index (χ1n) is 7.78. The zero-order valence-electron chi connectivity index (χ0n) is 13.3. The van der Waals surface area contributed by atoms with Crippen LogP contribution in [-0.2, 0) is 6.18 Å². The van der Waals surface area contributed by atoms with E-state index in [0.29, 0.717) is 16.9 Å². The van der Waals surface area contributed by atoms with E-state index in [2.05, 4.69) is 10.1 Å². The topological polar surface area (TPSA) is 50.7 Å². The Hall–Kier alpha value is -3.35. The molecule has 2 aromatic carbocycles. The third kappa shape index (κ3) is 2.77. The Bertz CT molecular complexity index is 1140. The Morgan fingerprint density at radius 1 is 0.962 bits per heavy atom. The molecular weight excluding hydrogens is 343 g/mol. The molecule has 0 radical (unpaired) electrons. The molecule has 0 bridgehead atoms. The minimum atomic E-state index is -4.39. The number of fused-ring (bicyclic) bond motifs is 1. The summed E-state index contributed by atoms with van der Waals surface area (Å²) in [6.07, 6.45) is -2.86. The van der Waals surface area contributed by atoms with Crippen molar-refractivity contribution in [1.82, 2.24) is 14.8 Å². The van der Waals surface area contributed by atoms with Crippen molar-refractivity contribution in [3.63, 3.8) is 0 Å². The molecule has 130 valence electrons. The predicted octanol–water partition coefficient (Wildman–Crippen LogP) is 4.40. The first kappa shape index (κ1) is 16.1. The summed E-state index contributed by atoms with van der Waals surface area (Å²) in [6, 6.07) is 15.3. The second kappa shape index (κ2) is 5.87. The Kier molecular flexibility index (Phi) is 3.64. The van der Waals surface area contributed by atoms with Gasteiger partial charge in [-0.15, -0.1) is 0 Å². The van der Waals surface area contributed by atoms with E-state index in [9.17, 15) is 18.0 Å². The number of pyridine rings is 1. The van der Waals surface area contributed by atoms with Crippen molar-refractivity contribution < 1.29 is 13.2 Å². The lowest BCUT2D eigenvalue weighted by molar-refractivity contribution is -0.137. The van der Waals surface area contributed by atoms with Crippen LogP contribution in [0.4, 0.5) is 13.2 Å². The second-order valence-corrected chi connectivity index (χ2v) is 5.76.